The van der Waals surface area contributed by atoms with E-state index >= 15 is 0 Å². The van der Waals surface area contributed by atoms with Crippen LogP contribution in [0.4, 0.5) is 0 Å². The summed E-state index contributed by atoms with van der Waals surface area (Å²) in [6.45, 7) is 0.485. The number of rotatable bonds is 7. The van der Waals surface area contributed by atoms with E-state index in [9.17, 15) is 9.59 Å². The van der Waals surface area contributed by atoms with Crippen molar-refractivity contribution < 1.29 is 9.59 Å². The molecule has 0 bridgehead atoms. The highest BCUT2D eigenvalue weighted by molar-refractivity contribution is 6.33. The predicted molar refractivity (Wildman–Crippen MR) is 95.0 cm³/mol. The predicted octanol–water partition coefficient (Wildman–Crippen LogP) is 2.54. The van der Waals surface area contributed by atoms with Crippen LogP contribution in [0.5, 0.6) is 0 Å². The quantitative estimate of drug-likeness (QED) is 0.461. The maximum Gasteiger partial charge on any atom is 0.249 e. The van der Waals surface area contributed by atoms with Gasteiger partial charge in [-0.2, -0.15) is 5.10 Å². The molecule has 6 heteroatoms. The van der Waals surface area contributed by atoms with Crippen molar-refractivity contribution in [3.05, 3.63) is 70.7 Å². The van der Waals surface area contributed by atoms with Crippen molar-refractivity contribution in [2.45, 2.75) is 12.8 Å². The third-order valence-corrected chi connectivity index (χ3v) is 3.54. The Morgan fingerprint density at radius 2 is 1.71 bits per heavy atom. The largest absolute Gasteiger partial charge is 0.355 e. The number of hydrazone groups is 1. The van der Waals surface area contributed by atoms with Gasteiger partial charge in [-0.05, 0) is 18.1 Å². The molecule has 124 valence electrons. The van der Waals surface area contributed by atoms with Gasteiger partial charge in [0.1, 0.15) is 6.42 Å². The second-order valence-electron chi connectivity index (χ2n) is 5.08. The molecule has 0 saturated heterocycles. The summed E-state index contributed by atoms with van der Waals surface area (Å²) in [5.74, 6) is -0.813. The fourth-order valence-electron chi connectivity index (χ4n) is 1.99. The maximum atomic E-state index is 11.7. The molecule has 2 aromatic rings. The van der Waals surface area contributed by atoms with Crippen LogP contribution in [0.15, 0.2) is 59.7 Å². The topological polar surface area (TPSA) is 70.6 Å². The SMILES string of the molecule is O=C(CC(=O)NN=Cc1ccccc1Cl)NCCc1ccccc1. The summed E-state index contributed by atoms with van der Waals surface area (Å²) >= 11 is 5.96. The van der Waals surface area contributed by atoms with Crippen LogP contribution in [0.3, 0.4) is 0 Å². The number of carbonyl (C=O) groups is 2. The summed E-state index contributed by atoms with van der Waals surface area (Å²) in [5, 5.41) is 7.04. The maximum absolute atomic E-state index is 11.7. The third-order valence-electron chi connectivity index (χ3n) is 3.20. The molecule has 24 heavy (non-hydrogen) atoms. The molecule has 2 rings (SSSR count). The Hall–Kier alpha value is -2.66. The van der Waals surface area contributed by atoms with Crippen LogP contribution in [0.1, 0.15) is 17.5 Å². The number of amides is 2. The molecule has 2 aromatic carbocycles. The number of nitrogens with one attached hydrogen (secondary N) is 2. The average molecular weight is 344 g/mol. The first-order valence-corrected chi connectivity index (χ1v) is 7.90. The Morgan fingerprint density at radius 1 is 1.00 bits per heavy atom. The molecule has 0 aliphatic rings. The van der Waals surface area contributed by atoms with E-state index in [2.05, 4.69) is 15.8 Å². The van der Waals surface area contributed by atoms with Gasteiger partial charge >= 0.3 is 0 Å². The fraction of sp³-hybridized carbons (Fsp3) is 0.167. The molecule has 0 saturated carbocycles. The molecule has 0 aliphatic carbocycles. The molecule has 0 radical (unpaired) electrons. The Bertz CT molecular complexity index is 717. The van der Waals surface area contributed by atoms with Crippen LogP contribution in [0.2, 0.25) is 5.02 Å². The van der Waals surface area contributed by atoms with E-state index in [-0.39, 0.29) is 12.3 Å². The van der Waals surface area contributed by atoms with Gasteiger partial charge < -0.3 is 5.32 Å². The van der Waals surface area contributed by atoms with E-state index in [0.29, 0.717) is 17.1 Å². The summed E-state index contributed by atoms with van der Waals surface area (Å²) in [6, 6.07) is 16.9. The van der Waals surface area contributed by atoms with Gasteiger partial charge in [0.25, 0.3) is 0 Å². The van der Waals surface area contributed by atoms with Gasteiger partial charge in [0, 0.05) is 17.1 Å². The number of hydrogen-bond donors (Lipinski definition) is 2. The van der Waals surface area contributed by atoms with Crippen molar-refractivity contribution in [3.63, 3.8) is 0 Å². The minimum atomic E-state index is -0.476. The van der Waals surface area contributed by atoms with Crippen molar-refractivity contribution in [1.29, 1.82) is 0 Å². The minimum absolute atomic E-state index is 0.269. The van der Waals surface area contributed by atoms with E-state index < -0.39 is 5.91 Å². The molecule has 2 N–H and O–H groups in total. The standard InChI is InChI=1S/C18H18ClN3O2/c19-16-9-5-4-8-15(16)13-21-22-18(24)12-17(23)20-11-10-14-6-2-1-3-7-14/h1-9,13H,10-12H2,(H,20,23)(H,22,24). The highest BCUT2D eigenvalue weighted by atomic mass is 35.5. The van der Waals surface area contributed by atoms with Crippen LogP contribution >= 0.6 is 11.6 Å². The molecule has 0 spiro atoms. The van der Waals surface area contributed by atoms with Crippen molar-refractivity contribution in [1.82, 2.24) is 10.7 Å². The summed E-state index contributed by atoms with van der Waals surface area (Å²) < 4.78 is 0. The van der Waals surface area contributed by atoms with E-state index in [1.807, 2.05) is 36.4 Å². The van der Waals surface area contributed by atoms with Crippen LogP contribution in [0.25, 0.3) is 0 Å². The van der Waals surface area contributed by atoms with E-state index in [1.165, 1.54) is 6.21 Å². The van der Waals surface area contributed by atoms with E-state index in [4.69, 9.17) is 11.6 Å². The fourth-order valence-corrected chi connectivity index (χ4v) is 2.18. The average Bonchev–Trinajstić information content (AvgIpc) is 2.57. The van der Waals surface area contributed by atoms with Crippen LogP contribution < -0.4 is 10.7 Å². The van der Waals surface area contributed by atoms with Crippen molar-refractivity contribution in [3.8, 4) is 0 Å². The molecule has 0 fully saturated rings. The van der Waals surface area contributed by atoms with Gasteiger partial charge in [-0.3, -0.25) is 9.59 Å². The van der Waals surface area contributed by atoms with Gasteiger partial charge in [-0.25, -0.2) is 5.43 Å². The number of nitrogens with zero attached hydrogens (tertiary/aromatic N) is 1. The lowest BCUT2D eigenvalue weighted by Gasteiger charge is -2.04. The zero-order valence-electron chi connectivity index (χ0n) is 13.0. The van der Waals surface area contributed by atoms with Crippen LogP contribution in [-0.4, -0.2) is 24.6 Å². The first-order valence-electron chi connectivity index (χ1n) is 7.52. The summed E-state index contributed by atoms with van der Waals surface area (Å²) in [5.41, 5.74) is 4.13. The van der Waals surface area contributed by atoms with Crippen LogP contribution in [0, 0.1) is 0 Å². The zero-order valence-corrected chi connectivity index (χ0v) is 13.8. The van der Waals surface area contributed by atoms with Crippen molar-refractivity contribution >= 4 is 29.6 Å². The van der Waals surface area contributed by atoms with Gasteiger partial charge in [0.05, 0.1) is 6.21 Å². The lowest BCUT2D eigenvalue weighted by molar-refractivity contribution is -0.129. The lowest BCUT2D eigenvalue weighted by Crippen LogP contribution is -2.31. The highest BCUT2D eigenvalue weighted by Crippen LogP contribution is 2.11. The molecular weight excluding hydrogens is 326 g/mol. The number of halogens is 1. The van der Waals surface area contributed by atoms with Crippen LogP contribution in [-0.2, 0) is 16.0 Å². The summed E-state index contributed by atoms with van der Waals surface area (Å²) in [6.07, 6.45) is 1.89. The molecular formula is C18H18ClN3O2. The normalized spacial score (nSPS) is 10.5. The number of hydrogen-bond acceptors (Lipinski definition) is 3. The van der Waals surface area contributed by atoms with Gasteiger partial charge in [0.15, 0.2) is 0 Å². The Labute approximate surface area is 145 Å². The third kappa shape index (κ3) is 6.22. The monoisotopic (exact) mass is 343 g/mol. The van der Waals surface area contributed by atoms with Gasteiger partial charge in [-0.1, -0.05) is 60.1 Å². The first-order chi connectivity index (χ1) is 11.6. The summed E-state index contributed by atoms with van der Waals surface area (Å²) in [4.78, 5) is 23.3. The van der Waals surface area contributed by atoms with Gasteiger partial charge in [-0.15, -0.1) is 0 Å². The highest BCUT2D eigenvalue weighted by Gasteiger charge is 2.08. The van der Waals surface area contributed by atoms with Crippen molar-refractivity contribution in [2.75, 3.05) is 6.54 Å². The second-order valence-corrected chi connectivity index (χ2v) is 5.48. The lowest BCUT2D eigenvalue weighted by atomic mass is 10.1. The Kier molecular flexibility index (Phi) is 6.98. The zero-order chi connectivity index (χ0) is 17.2. The molecule has 0 unspecified atom stereocenters. The number of carbonyl (C=O) groups excluding carboxylic acids is 2. The smallest absolute Gasteiger partial charge is 0.249 e. The first kappa shape index (κ1) is 17.7. The molecule has 0 aromatic heterocycles. The number of benzene rings is 2. The van der Waals surface area contributed by atoms with Gasteiger partial charge in [0.2, 0.25) is 11.8 Å². The summed E-state index contributed by atoms with van der Waals surface area (Å²) in [7, 11) is 0. The molecule has 5 nitrogen and oxygen atoms in total. The van der Waals surface area contributed by atoms with E-state index in [1.54, 1.807) is 18.2 Å². The molecule has 0 aliphatic heterocycles. The Balaban J connectivity index is 1.68. The molecule has 0 heterocycles. The minimum Gasteiger partial charge on any atom is -0.355 e. The molecule has 0 atom stereocenters. The Morgan fingerprint density at radius 3 is 2.46 bits per heavy atom. The molecule has 2 amide bonds. The second kappa shape index (κ2) is 9.47. The van der Waals surface area contributed by atoms with Crippen molar-refractivity contribution in [2.24, 2.45) is 5.10 Å². The van der Waals surface area contributed by atoms with E-state index in [0.717, 1.165) is 12.0 Å².